The molecule has 1 aliphatic rings. The quantitative estimate of drug-likeness (QED) is 0.742. The van der Waals surface area contributed by atoms with Gasteiger partial charge in [0.05, 0.1) is 5.69 Å². The highest BCUT2D eigenvalue weighted by Crippen LogP contribution is 2.16. The zero-order valence-electron chi connectivity index (χ0n) is 15.5. The molecule has 1 fully saturated rings. The highest BCUT2D eigenvalue weighted by molar-refractivity contribution is 5.97. The van der Waals surface area contributed by atoms with E-state index in [4.69, 9.17) is 0 Å². The molecule has 1 aromatic carbocycles. The first-order valence-corrected chi connectivity index (χ1v) is 9.02. The summed E-state index contributed by atoms with van der Waals surface area (Å²) in [5, 5.41) is 13.0. The van der Waals surface area contributed by atoms with Gasteiger partial charge < -0.3 is 15.5 Å². The lowest BCUT2D eigenvalue weighted by atomic mass is 10.1. The molecule has 3 N–H and O–H groups in total. The van der Waals surface area contributed by atoms with Crippen molar-refractivity contribution >= 4 is 17.5 Å². The minimum absolute atomic E-state index is 0.0595. The smallest absolute Gasteiger partial charge is 0.248 e. The first-order chi connectivity index (χ1) is 13.0. The average Bonchev–Trinajstić information content (AvgIpc) is 2.99. The molecule has 0 radical (unpaired) electrons. The number of aromatic amines is 1. The molecule has 2 amide bonds. The maximum atomic E-state index is 13.0. The number of rotatable bonds is 5. The third-order valence-electron chi connectivity index (χ3n) is 4.85. The molecule has 2 aromatic rings. The Hall–Kier alpha value is -2.74. The minimum atomic E-state index is -0.595. The van der Waals surface area contributed by atoms with Crippen LogP contribution in [-0.2, 0) is 16.0 Å². The summed E-state index contributed by atoms with van der Waals surface area (Å²) in [6.45, 7) is 5.36. The lowest BCUT2D eigenvalue weighted by Crippen LogP contribution is -2.58. The van der Waals surface area contributed by atoms with Crippen molar-refractivity contribution in [2.75, 3.05) is 25.0 Å². The van der Waals surface area contributed by atoms with Crippen molar-refractivity contribution in [2.45, 2.75) is 32.7 Å². The van der Waals surface area contributed by atoms with E-state index >= 15 is 0 Å². The van der Waals surface area contributed by atoms with Crippen LogP contribution < -0.4 is 10.6 Å². The Morgan fingerprint density at radius 1 is 1.30 bits per heavy atom. The van der Waals surface area contributed by atoms with Gasteiger partial charge in [-0.25, -0.2) is 4.39 Å². The molecule has 0 aliphatic carbocycles. The summed E-state index contributed by atoms with van der Waals surface area (Å²) in [5.74, 6) is -0.706. The summed E-state index contributed by atoms with van der Waals surface area (Å²) < 4.78 is 13.0. The molecular weight excluding hydrogens is 349 g/mol. The van der Waals surface area contributed by atoms with Gasteiger partial charge in [-0.2, -0.15) is 5.10 Å². The van der Waals surface area contributed by atoms with Gasteiger partial charge in [-0.05, 0) is 50.1 Å². The molecule has 8 heteroatoms. The SMILES string of the molecule is Cc1n[nH]c(C)c1CCC(=O)N1CCNCC1C(=O)Nc1ccc(F)cc1. The highest BCUT2D eigenvalue weighted by atomic mass is 19.1. The Labute approximate surface area is 157 Å². The second kappa shape index (κ2) is 8.30. The number of carbonyl (C=O) groups is 2. The van der Waals surface area contributed by atoms with Crippen molar-refractivity contribution in [3.05, 3.63) is 47.0 Å². The summed E-state index contributed by atoms with van der Waals surface area (Å²) >= 11 is 0. The molecule has 144 valence electrons. The molecule has 0 spiro atoms. The number of carbonyl (C=O) groups excluding carboxylic acids is 2. The number of benzene rings is 1. The van der Waals surface area contributed by atoms with E-state index in [1.54, 1.807) is 4.90 Å². The largest absolute Gasteiger partial charge is 0.328 e. The number of aryl methyl sites for hydroxylation is 2. The molecule has 0 saturated carbocycles. The second-order valence-electron chi connectivity index (χ2n) is 6.72. The molecule has 1 saturated heterocycles. The van der Waals surface area contributed by atoms with Gasteiger partial charge in [0.2, 0.25) is 11.8 Å². The number of amides is 2. The number of anilines is 1. The summed E-state index contributed by atoms with van der Waals surface area (Å²) in [6.07, 6.45) is 0.908. The predicted molar refractivity (Wildman–Crippen MR) is 99.8 cm³/mol. The molecule has 3 rings (SSSR count). The van der Waals surface area contributed by atoms with E-state index in [1.165, 1.54) is 24.3 Å². The van der Waals surface area contributed by atoms with Crippen molar-refractivity contribution in [2.24, 2.45) is 0 Å². The van der Waals surface area contributed by atoms with E-state index in [1.807, 2.05) is 13.8 Å². The van der Waals surface area contributed by atoms with Gasteiger partial charge in [-0.15, -0.1) is 0 Å². The van der Waals surface area contributed by atoms with E-state index in [0.717, 1.165) is 17.0 Å². The zero-order valence-corrected chi connectivity index (χ0v) is 15.5. The van der Waals surface area contributed by atoms with Crippen LogP contribution in [-0.4, -0.2) is 52.6 Å². The van der Waals surface area contributed by atoms with Crippen LogP contribution in [0, 0.1) is 19.7 Å². The number of hydrogen-bond donors (Lipinski definition) is 3. The third-order valence-corrected chi connectivity index (χ3v) is 4.85. The van der Waals surface area contributed by atoms with Crippen molar-refractivity contribution < 1.29 is 14.0 Å². The van der Waals surface area contributed by atoms with E-state index in [0.29, 0.717) is 38.2 Å². The third kappa shape index (κ3) is 4.51. The minimum Gasteiger partial charge on any atom is -0.328 e. The van der Waals surface area contributed by atoms with E-state index < -0.39 is 6.04 Å². The van der Waals surface area contributed by atoms with Crippen LogP contribution in [0.15, 0.2) is 24.3 Å². The summed E-state index contributed by atoms with van der Waals surface area (Å²) in [7, 11) is 0. The van der Waals surface area contributed by atoms with Gasteiger partial charge in [-0.3, -0.25) is 14.7 Å². The van der Waals surface area contributed by atoms with Crippen molar-refractivity contribution in [1.82, 2.24) is 20.4 Å². The Morgan fingerprint density at radius 3 is 2.70 bits per heavy atom. The van der Waals surface area contributed by atoms with Crippen LogP contribution in [0.2, 0.25) is 0 Å². The topological polar surface area (TPSA) is 90.1 Å². The number of H-pyrrole nitrogens is 1. The Morgan fingerprint density at radius 2 is 2.04 bits per heavy atom. The summed E-state index contributed by atoms with van der Waals surface area (Å²) in [6, 6.07) is 4.98. The van der Waals surface area contributed by atoms with Crippen LogP contribution in [0.25, 0.3) is 0 Å². The number of nitrogens with one attached hydrogen (secondary N) is 3. The van der Waals surface area contributed by atoms with Crippen molar-refractivity contribution in [3.63, 3.8) is 0 Å². The van der Waals surface area contributed by atoms with Crippen LogP contribution in [0.1, 0.15) is 23.4 Å². The molecule has 1 aliphatic heterocycles. The van der Waals surface area contributed by atoms with E-state index in [9.17, 15) is 14.0 Å². The Balaban J connectivity index is 1.64. The molecular formula is C19H24FN5O2. The number of aromatic nitrogens is 2. The fraction of sp³-hybridized carbons (Fsp3) is 0.421. The molecule has 27 heavy (non-hydrogen) atoms. The van der Waals surface area contributed by atoms with Gasteiger partial charge in [0, 0.05) is 37.4 Å². The van der Waals surface area contributed by atoms with Gasteiger partial charge in [0.15, 0.2) is 0 Å². The zero-order chi connectivity index (χ0) is 19.4. The Kier molecular flexibility index (Phi) is 5.85. The molecule has 0 bridgehead atoms. The van der Waals surface area contributed by atoms with Crippen LogP contribution in [0.3, 0.4) is 0 Å². The maximum Gasteiger partial charge on any atom is 0.248 e. The van der Waals surface area contributed by atoms with Gasteiger partial charge in [0.25, 0.3) is 0 Å². The number of halogens is 1. The molecule has 1 unspecified atom stereocenters. The number of hydrogen-bond acceptors (Lipinski definition) is 4. The van der Waals surface area contributed by atoms with Gasteiger partial charge in [0.1, 0.15) is 11.9 Å². The van der Waals surface area contributed by atoms with E-state index in [2.05, 4.69) is 20.8 Å². The fourth-order valence-corrected chi connectivity index (χ4v) is 3.31. The molecule has 1 aromatic heterocycles. The second-order valence-corrected chi connectivity index (χ2v) is 6.72. The Bertz CT molecular complexity index is 799. The summed E-state index contributed by atoms with van der Waals surface area (Å²) in [5.41, 5.74) is 3.41. The van der Waals surface area contributed by atoms with Crippen LogP contribution in [0.5, 0.6) is 0 Å². The van der Waals surface area contributed by atoms with E-state index in [-0.39, 0.29) is 17.6 Å². The standard InChI is InChI=1S/C19H24FN5O2/c1-12-16(13(2)24-23-12)7-8-18(26)25-10-9-21-11-17(25)19(27)22-15-5-3-14(20)4-6-15/h3-6,17,21H,7-11H2,1-2H3,(H,22,27)(H,23,24). The first-order valence-electron chi connectivity index (χ1n) is 9.02. The van der Waals surface area contributed by atoms with Crippen LogP contribution >= 0.6 is 0 Å². The lowest BCUT2D eigenvalue weighted by Gasteiger charge is -2.35. The predicted octanol–water partition coefficient (Wildman–Crippen LogP) is 1.54. The first kappa shape index (κ1) is 19.0. The molecule has 1 atom stereocenters. The van der Waals surface area contributed by atoms with Crippen LogP contribution in [0.4, 0.5) is 10.1 Å². The highest BCUT2D eigenvalue weighted by Gasteiger charge is 2.32. The van der Waals surface area contributed by atoms with Crippen molar-refractivity contribution in [3.8, 4) is 0 Å². The number of piperazine rings is 1. The lowest BCUT2D eigenvalue weighted by molar-refractivity contribution is -0.139. The average molecular weight is 373 g/mol. The molecule has 7 nitrogen and oxygen atoms in total. The molecule has 2 heterocycles. The number of nitrogens with zero attached hydrogens (tertiary/aromatic N) is 2. The normalized spacial score (nSPS) is 17.0. The fourth-order valence-electron chi connectivity index (χ4n) is 3.31. The monoisotopic (exact) mass is 373 g/mol. The van der Waals surface area contributed by atoms with Gasteiger partial charge >= 0.3 is 0 Å². The summed E-state index contributed by atoms with van der Waals surface area (Å²) in [4.78, 5) is 27.0. The van der Waals surface area contributed by atoms with Gasteiger partial charge in [-0.1, -0.05) is 0 Å². The van der Waals surface area contributed by atoms with Crippen molar-refractivity contribution in [1.29, 1.82) is 0 Å². The maximum absolute atomic E-state index is 13.0.